The first-order valence-electron chi connectivity index (χ1n) is 7.80. The van der Waals surface area contributed by atoms with Crippen LogP contribution in [0, 0.1) is 18.6 Å². The number of aromatic nitrogens is 1. The number of methoxy groups -OCH3 is 1. The van der Waals surface area contributed by atoms with Crippen molar-refractivity contribution in [2.75, 3.05) is 7.11 Å². The molecule has 2 aromatic heterocycles. The minimum Gasteiger partial charge on any atom is -0.487 e. The largest absolute Gasteiger partial charge is 0.487 e. The molecule has 0 bridgehead atoms. The van der Waals surface area contributed by atoms with Gasteiger partial charge in [-0.2, -0.15) is 0 Å². The predicted molar refractivity (Wildman–Crippen MR) is 102 cm³/mol. The topological polar surface area (TPSA) is 48.4 Å². The van der Waals surface area contributed by atoms with Gasteiger partial charge < -0.3 is 9.47 Å². The molecule has 0 fully saturated rings. The van der Waals surface area contributed by atoms with E-state index < -0.39 is 17.6 Å². The molecule has 0 unspecified atom stereocenters. The summed E-state index contributed by atoms with van der Waals surface area (Å²) < 4.78 is 38.0. The van der Waals surface area contributed by atoms with Crippen LogP contribution >= 0.6 is 27.3 Å². The maximum Gasteiger partial charge on any atom is 0.348 e. The number of halogens is 3. The molecule has 2 heterocycles. The first kappa shape index (κ1) is 19.4. The zero-order valence-electron chi connectivity index (χ0n) is 14.4. The van der Waals surface area contributed by atoms with Crippen LogP contribution in [0.4, 0.5) is 8.78 Å². The summed E-state index contributed by atoms with van der Waals surface area (Å²) >= 11 is 4.63. The number of ether oxygens (including phenoxy) is 2. The molecule has 0 aliphatic carbocycles. The Kier molecular flexibility index (Phi) is 5.86. The Labute approximate surface area is 166 Å². The number of nitrogens with zero attached hydrogens (tertiary/aromatic N) is 1. The van der Waals surface area contributed by atoms with Crippen molar-refractivity contribution in [2.45, 2.75) is 13.5 Å². The Bertz CT molecular complexity index is 986. The van der Waals surface area contributed by atoms with Crippen LogP contribution in [0.5, 0.6) is 5.75 Å². The van der Waals surface area contributed by atoms with Gasteiger partial charge in [-0.05, 0) is 52.7 Å². The van der Waals surface area contributed by atoms with E-state index in [1.165, 1.54) is 30.6 Å². The molecule has 27 heavy (non-hydrogen) atoms. The van der Waals surface area contributed by atoms with Crippen molar-refractivity contribution < 1.29 is 23.0 Å². The van der Waals surface area contributed by atoms with Crippen LogP contribution in [-0.4, -0.2) is 18.1 Å². The van der Waals surface area contributed by atoms with Crippen molar-refractivity contribution >= 4 is 33.2 Å². The third kappa shape index (κ3) is 4.51. The lowest BCUT2D eigenvalue weighted by Gasteiger charge is -2.11. The lowest BCUT2D eigenvalue weighted by molar-refractivity contribution is 0.0606. The number of hydrogen-bond donors (Lipinski definition) is 0. The average Bonchev–Trinajstić information content (AvgIpc) is 3.00. The van der Waals surface area contributed by atoms with E-state index in [0.29, 0.717) is 26.4 Å². The molecule has 0 spiro atoms. The van der Waals surface area contributed by atoms with Crippen LogP contribution in [0.3, 0.4) is 0 Å². The van der Waals surface area contributed by atoms with Crippen LogP contribution < -0.4 is 4.74 Å². The summed E-state index contributed by atoms with van der Waals surface area (Å²) in [5.74, 6) is -1.34. The van der Waals surface area contributed by atoms with Gasteiger partial charge in [0.25, 0.3) is 0 Å². The zero-order valence-corrected chi connectivity index (χ0v) is 16.8. The first-order chi connectivity index (χ1) is 12.9. The Balaban J connectivity index is 1.94. The minimum absolute atomic E-state index is 0.0349. The standard InChI is InChI=1S/C19H14BrF2NO3S/c1-10-15(7-17(27-10)19(24)25-2)18-16(5-12(20)8-23-18)26-9-11-3-13(21)6-14(22)4-11/h3-8H,9H2,1-2H3. The van der Waals surface area contributed by atoms with E-state index in [1.54, 1.807) is 18.3 Å². The molecule has 0 N–H and O–H groups in total. The SMILES string of the molecule is COC(=O)c1cc(-c2ncc(Br)cc2OCc2cc(F)cc(F)c2)c(C)s1. The molecule has 0 aliphatic rings. The second-order valence-electron chi connectivity index (χ2n) is 5.64. The number of esters is 1. The molecule has 3 rings (SSSR count). The lowest BCUT2D eigenvalue weighted by atomic mass is 10.1. The third-order valence-corrected chi connectivity index (χ3v) is 5.16. The fourth-order valence-electron chi connectivity index (χ4n) is 2.51. The van der Waals surface area contributed by atoms with E-state index in [4.69, 9.17) is 9.47 Å². The summed E-state index contributed by atoms with van der Waals surface area (Å²) in [5.41, 5.74) is 1.61. The highest BCUT2D eigenvalue weighted by atomic mass is 79.9. The Morgan fingerprint density at radius 1 is 1.19 bits per heavy atom. The number of pyridine rings is 1. The summed E-state index contributed by atoms with van der Waals surface area (Å²) in [6.07, 6.45) is 1.61. The predicted octanol–water partition coefficient (Wildman–Crippen LogP) is 5.52. The van der Waals surface area contributed by atoms with Crippen LogP contribution in [0.2, 0.25) is 0 Å². The molecule has 4 nitrogen and oxygen atoms in total. The molecular weight excluding hydrogens is 440 g/mol. The summed E-state index contributed by atoms with van der Waals surface area (Å²) in [5, 5.41) is 0. The third-order valence-electron chi connectivity index (χ3n) is 3.70. The molecule has 140 valence electrons. The van der Waals surface area contributed by atoms with Crippen LogP contribution in [0.15, 0.2) is 41.0 Å². The van der Waals surface area contributed by atoms with Gasteiger partial charge >= 0.3 is 5.97 Å². The Morgan fingerprint density at radius 3 is 2.56 bits per heavy atom. The van der Waals surface area contributed by atoms with Gasteiger partial charge in [0.15, 0.2) is 0 Å². The molecule has 3 aromatic rings. The molecule has 8 heteroatoms. The number of rotatable bonds is 5. The highest BCUT2D eigenvalue weighted by molar-refractivity contribution is 9.10. The maximum absolute atomic E-state index is 13.4. The Hall–Kier alpha value is -2.32. The number of thiophene rings is 1. The van der Waals surface area contributed by atoms with E-state index >= 15 is 0 Å². The molecule has 0 aliphatic heterocycles. The van der Waals surface area contributed by atoms with Gasteiger partial charge in [-0.3, -0.25) is 4.98 Å². The highest BCUT2D eigenvalue weighted by Gasteiger charge is 2.18. The molecule has 0 saturated heterocycles. The van der Waals surface area contributed by atoms with Crippen molar-refractivity contribution in [3.05, 3.63) is 68.0 Å². The zero-order chi connectivity index (χ0) is 19.6. The fourth-order valence-corrected chi connectivity index (χ4v) is 3.76. The number of benzene rings is 1. The average molecular weight is 454 g/mol. The van der Waals surface area contributed by atoms with E-state index in [9.17, 15) is 13.6 Å². The van der Waals surface area contributed by atoms with E-state index in [-0.39, 0.29) is 6.61 Å². The number of carbonyl (C=O) groups excluding carboxylic acids is 1. The summed E-state index contributed by atoms with van der Waals surface area (Å²) in [7, 11) is 1.32. The number of hydrogen-bond acceptors (Lipinski definition) is 5. The quantitative estimate of drug-likeness (QED) is 0.476. The number of carbonyl (C=O) groups is 1. The van der Waals surface area contributed by atoms with Crippen molar-refractivity contribution in [3.63, 3.8) is 0 Å². The van der Waals surface area contributed by atoms with Crippen LogP contribution in [0.25, 0.3) is 11.3 Å². The van der Waals surface area contributed by atoms with Gasteiger partial charge in [-0.25, -0.2) is 13.6 Å². The van der Waals surface area contributed by atoms with Crippen molar-refractivity contribution in [1.29, 1.82) is 0 Å². The molecule has 0 amide bonds. The smallest absolute Gasteiger partial charge is 0.348 e. The van der Waals surface area contributed by atoms with E-state index in [2.05, 4.69) is 20.9 Å². The molecule has 0 saturated carbocycles. The molecular formula is C19H14BrF2NO3S. The molecule has 0 atom stereocenters. The first-order valence-corrected chi connectivity index (χ1v) is 9.40. The van der Waals surface area contributed by atoms with Gasteiger partial charge in [-0.1, -0.05) is 0 Å². The molecule has 1 aromatic carbocycles. The van der Waals surface area contributed by atoms with Gasteiger partial charge in [0.1, 0.15) is 34.6 Å². The van der Waals surface area contributed by atoms with E-state index in [1.807, 2.05) is 6.92 Å². The highest BCUT2D eigenvalue weighted by Crippen LogP contribution is 2.37. The Morgan fingerprint density at radius 2 is 1.89 bits per heavy atom. The second-order valence-corrected chi connectivity index (χ2v) is 7.81. The van der Waals surface area contributed by atoms with Crippen molar-refractivity contribution in [2.24, 2.45) is 0 Å². The van der Waals surface area contributed by atoms with Crippen molar-refractivity contribution in [1.82, 2.24) is 4.98 Å². The van der Waals surface area contributed by atoms with Crippen molar-refractivity contribution in [3.8, 4) is 17.0 Å². The van der Waals surface area contributed by atoms with Gasteiger partial charge in [-0.15, -0.1) is 11.3 Å². The second kappa shape index (κ2) is 8.14. The van der Waals surface area contributed by atoms with E-state index in [0.717, 1.165) is 16.5 Å². The van der Waals surface area contributed by atoms with Crippen LogP contribution in [0.1, 0.15) is 20.1 Å². The fraction of sp³-hybridized carbons (Fsp3) is 0.158. The van der Waals surface area contributed by atoms with Gasteiger partial charge in [0.05, 0.1) is 7.11 Å². The minimum atomic E-state index is -0.669. The lowest BCUT2D eigenvalue weighted by Crippen LogP contribution is -2.00. The maximum atomic E-state index is 13.4. The summed E-state index contributed by atoms with van der Waals surface area (Å²) in [6.45, 7) is 1.83. The number of aryl methyl sites for hydroxylation is 1. The summed E-state index contributed by atoms with van der Waals surface area (Å²) in [4.78, 5) is 17.5. The van der Waals surface area contributed by atoms with Crippen LogP contribution in [-0.2, 0) is 11.3 Å². The normalized spacial score (nSPS) is 10.7. The molecule has 0 radical (unpaired) electrons. The summed E-state index contributed by atoms with van der Waals surface area (Å²) in [6, 6.07) is 6.63. The monoisotopic (exact) mass is 453 g/mol. The van der Waals surface area contributed by atoms with Gasteiger partial charge in [0.2, 0.25) is 0 Å². The van der Waals surface area contributed by atoms with Gasteiger partial charge in [0, 0.05) is 27.2 Å².